The number of aliphatic hydroxyl groups is 1. The molecule has 0 radical (unpaired) electrons. The normalized spacial score (nSPS) is 10.5. The van der Waals surface area contributed by atoms with Crippen molar-refractivity contribution in [3.05, 3.63) is 64.7 Å². The minimum absolute atomic E-state index is 0.0175. The molecule has 2 N–H and O–H groups in total. The van der Waals surface area contributed by atoms with Crippen molar-refractivity contribution in [2.24, 2.45) is 0 Å². The Hall–Kier alpha value is -1.84. The Kier molecular flexibility index (Phi) is 6.44. The summed E-state index contributed by atoms with van der Waals surface area (Å²) in [6, 6.07) is 15.3. The Bertz CT molecular complexity index is 593. The fourth-order valence-electron chi connectivity index (χ4n) is 2.21. The second-order valence-corrected chi connectivity index (χ2v) is 5.64. The Morgan fingerprint density at radius 3 is 2.18 bits per heavy atom. The van der Waals surface area contributed by atoms with Gasteiger partial charge in [0.1, 0.15) is 0 Å². The zero-order valence-electron chi connectivity index (χ0n) is 12.4. The van der Waals surface area contributed by atoms with Crippen molar-refractivity contribution in [2.75, 3.05) is 11.9 Å². The predicted molar refractivity (Wildman–Crippen MR) is 90.3 cm³/mol. The summed E-state index contributed by atoms with van der Waals surface area (Å²) in [5.74, 6) is 0.0175. The van der Waals surface area contributed by atoms with Crippen LogP contribution in [0.5, 0.6) is 0 Å². The second kappa shape index (κ2) is 8.57. The first-order valence-corrected chi connectivity index (χ1v) is 7.79. The van der Waals surface area contributed by atoms with Gasteiger partial charge in [-0.25, -0.2) is 0 Å². The number of nitrogens with one attached hydrogen (secondary N) is 1. The van der Waals surface area contributed by atoms with Gasteiger partial charge in [0.2, 0.25) is 5.91 Å². The number of amides is 1. The van der Waals surface area contributed by atoms with Crippen LogP contribution in [0.1, 0.15) is 24.0 Å². The molecule has 0 fully saturated rings. The van der Waals surface area contributed by atoms with Crippen molar-refractivity contribution >= 4 is 23.2 Å². The van der Waals surface area contributed by atoms with E-state index in [2.05, 4.69) is 5.32 Å². The molecular weight excluding hydrogens is 298 g/mol. The Balaban J connectivity index is 1.74. The maximum absolute atomic E-state index is 11.9. The molecule has 2 aromatic carbocycles. The average molecular weight is 318 g/mol. The van der Waals surface area contributed by atoms with Crippen molar-refractivity contribution in [1.29, 1.82) is 0 Å². The van der Waals surface area contributed by atoms with Crippen LogP contribution in [0.25, 0.3) is 0 Å². The SMILES string of the molecule is O=C(CCCc1ccc(Cl)cc1)Nc1ccc(CCO)cc1. The van der Waals surface area contributed by atoms with Crippen LogP contribution in [0.2, 0.25) is 5.02 Å². The van der Waals surface area contributed by atoms with Crippen molar-refractivity contribution < 1.29 is 9.90 Å². The first-order valence-electron chi connectivity index (χ1n) is 7.41. The lowest BCUT2D eigenvalue weighted by Crippen LogP contribution is -2.11. The second-order valence-electron chi connectivity index (χ2n) is 5.20. The van der Waals surface area contributed by atoms with Gasteiger partial charge in [-0.15, -0.1) is 0 Å². The maximum atomic E-state index is 11.9. The van der Waals surface area contributed by atoms with Crippen molar-refractivity contribution in [3.8, 4) is 0 Å². The molecule has 0 bridgehead atoms. The molecule has 1 amide bonds. The van der Waals surface area contributed by atoms with E-state index in [0.29, 0.717) is 12.8 Å². The van der Waals surface area contributed by atoms with Crippen LogP contribution in [0.3, 0.4) is 0 Å². The zero-order chi connectivity index (χ0) is 15.8. The first-order chi connectivity index (χ1) is 10.7. The summed E-state index contributed by atoms with van der Waals surface area (Å²) >= 11 is 5.84. The lowest BCUT2D eigenvalue weighted by atomic mass is 10.1. The predicted octanol–water partition coefficient (Wildman–Crippen LogP) is 3.84. The third kappa shape index (κ3) is 5.51. The largest absolute Gasteiger partial charge is 0.396 e. The number of aryl methyl sites for hydroxylation is 1. The van der Waals surface area contributed by atoms with E-state index in [1.54, 1.807) is 0 Å². The van der Waals surface area contributed by atoms with Gasteiger partial charge in [-0.1, -0.05) is 35.9 Å². The Morgan fingerprint density at radius 2 is 1.55 bits per heavy atom. The summed E-state index contributed by atoms with van der Waals surface area (Å²) in [5, 5.41) is 12.5. The fourth-order valence-corrected chi connectivity index (χ4v) is 2.34. The molecule has 0 saturated carbocycles. The molecule has 116 valence electrons. The molecule has 22 heavy (non-hydrogen) atoms. The lowest BCUT2D eigenvalue weighted by Gasteiger charge is -2.06. The standard InChI is InChI=1S/C18H20ClNO2/c19-16-8-4-14(5-9-16)2-1-3-18(22)20-17-10-6-15(7-11-17)12-13-21/h4-11,21H,1-3,12-13H2,(H,20,22). The van der Waals surface area contributed by atoms with E-state index in [1.165, 1.54) is 5.56 Å². The number of hydrogen-bond donors (Lipinski definition) is 2. The number of rotatable bonds is 7. The van der Waals surface area contributed by atoms with Gasteiger partial charge in [0.15, 0.2) is 0 Å². The molecule has 0 unspecified atom stereocenters. The van der Waals surface area contributed by atoms with Crippen molar-refractivity contribution in [2.45, 2.75) is 25.7 Å². The summed E-state index contributed by atoms with van der Waals surface area (Å²) in [7, 11) is 0. The third-order valence-electron chi connectivity index (χ3n) is 3.42. The number of halogens is 1. The van der Waals surface area contributed by atoms with Crippen LogP contribution < -0.4 is 5.32 Å². The van der Waals surface area contributed by atoms with Gasteiger partial charge in [0, 0.05) is 23.7 Å². The molecule has 4 heteroatoms. The Labute approximate surface area is 135 Å². The molecular formula is C18H20ClNO2. The third-order valence-corrected chi connectivity index (χ3v) is 3.67. The van der Waals surface area contributed by atoms with E-state index in [9.17, 15) is 4.79 Å². The minimum atomic E-state index is 0.0175. The van der Waals surface area contributed by atoms with E-state index in [1.807, 2.05) is 48.5 Å². The topological polar surface area (TPSA) is 49.3 Å². The highest BCUT2D eigenvalue weighted by Gasteiger charge is 2.03. The number of aliphatic hydroxyl groups excluding tert-OH is 1. The van der Waals surface area contributed by atoms with Crippen LogP contribution in [0, 0.1) is 0 Å². The molecule has 0 atom stereocenters. The lowest BCUT2D eigenvalue weighted by molar-refractivity contribution is -0.116. The van der Waals surface area contributed by atoms with E-state index in [4.69, 9.17) is 16.7 Å². The highest BCUT2D eigenvalue weighted by Crippen LogP contribution is 2.13. The number of anilines is 1. The summed E-state index contributed by atoms with van der Waals surface area (Å²) in [5.41, 5.74) is 3.03. The summed E-state index contributed by atoms with van der Waals surface area (Å²) < 4.78 is 0. The van der Waals surface area contributed by atoms with Crippen LogP contribution in [-0.2, 0) is 17.6 Å². The molecule has 2 rings (SSSR count). The minimum Gasteiger partial charge on any atom is -0.396 e. The maximum Gasteiger partial charge on any atom is 0.224 e. The zero-order valence-corrected chi connectivity index (χ0v) is 13.1. The number of hydrogen-bond acceptors (Lipinski definition) is 2. The summed E-state index contributed by atoms with van der Waals surface area (Å²) in [6.45, 7) is 0.135. The van der Waals surface area contributed by atoms with Gasteiger partial charge in [0.25, 0.3) is 0 Å². The molecule has 2 aromatic rings. The molecule has 0 aliphatic carbocycles. The molecule has 0 spiro atoms. The van der Waals surface area contributed by atoms with Gasteiger partial charge in [-0.3, -0.25) is 4.79 Å². The van der Waals surface area contributed by atoms with Gasteiger partial charge in [-0.2, -0.15) is 0 Å². The van der Waals surface area contributed by atoms with Crippen LogP contribution in [0.15, 0.2) is 48.5 Å². The van der Waals surface area contributed by atoms with Gasteiger partial charge < -0.3 is 10.4 Å². The molecule has 0 saturated heterocycles. The van der Waals surface area contributed by atoms with E-state index in [0.717, 1.165) is 29.1 Å². The molecule has 3 nitrogen and oxygen atoms in total. The summed E-state index contributed by atoms with van der Waals surface area (Å²) in [4.78, 5) is 11.9. The summed E-state index contributed by atoms with van der Waals surface area (Å²) in [6.07, 6.45) is 2.78. The highest BCUT2D eigenvalue weighted by atomic mass is 35.5. The molecule has 0 aliphatic heterocycles. The van der Waals surface area contributed by atoms with Crippen LogP contribution >= 0.6 is 11.6 Å². The number of carbonyl (C=O) groups is 1. The number of benzene rings is 2. The van der Waals surface area contributed by atoms with Crippen LogP contribution in [0.4, 0.5) is 5.69 Å². The van der Waals surface area contributed by atoms with Crippen molar-refractivity contribution in [3.63, 3.8) is 0 Å². The monoisotopic (exact) mass is 317 g/mol. The van der Waals surface area contributed by atoms with Crippen LogP contribution in [-0.4, -0.2) is 17.6 Å². The number of carbonyl (C=O) groups excluding carboxylic acids is 1. The van der Waals surface area contributed by atoms with E-state index >= 15 is 0 Å². The van der Waals surface area contributed by atoms with E-state index < -0.39 is 0 Å². The Morgan fingerprint density at radius 1 is 0.955 bits per heavy atom. The molecule has 0 aliphatic rings. The quantitative estimate of drug-likeness (QED) is 0.815. The smallest absolute Gasteiger partial charge is 0.224 e. The fraction of sp³-hybridized carbons (Fsp3) is 0.278. The average Bonchev–Trinajstić information content (AvgIpc) is 2.51. The molecule has 0 aromatic heterocycles. The van der Waals surface area contributed by atoms with Gasteiger partial charge in [-0.05, 0) is 54.7 Å². The first kappa shape index (κ1) is 16.5. The van der Waals surface area contributed by atoms with Gasteiger partial charge >= 0.3 is 0 Å². The van der Waals surface area contributed by atoms with Gasteiger partial charge in [0.05, 0.1) is 0 Å². The van der Waals surface area contributed by atoms with E-state index in [-0.39, 0.29) is 12.5 Å². The molecule has 0 heterocycles. The van der Waals surface area contributed by atoms with Crippen molar-refractivity contribution in [1.82, 2.24) is 0 Å². The highest BCUT2D eigenvalue weighted by molar-refractivity contribution is 6.30.